The normalized spacial score (nSPS) is 10.1. The summed E-state index contributed by atoms with van der Waals surface area (Å²) < 4.78 is 2.05. The molecular weight excluding hydrogens is 218 g/mol. The lowest BCUT2D eigenvalue weighted by Crippen LogP contribution is -2.28. The predicted molar refractivity (Wildman–Crippen MR) is 78.0 cm³/mol. The van der Waals surface area contributed by atoms with E-state index in [9.17, 15) is 0 Å². The summed E-state index contributed by atoms with van der Waals surface area (Å²) in [5, 5.41) is 0. The summed E-state index contributed by atoms with van der Waals surface area (Å²) >= 11 is 0. The van der Waals surface area contributed by atoms with Crippen LogP contribution in [0.15, 0.2) is 49.8 Å². The third-order valence-corrected chi connectivity index (χ3v) is 3.06. The fraction of sp³-hybridized carbons (Fsp3) is 0.118. The van der Waals surface area contributed by atoms with Gasteiger partial charge in [0, 0.05) is 11.1 Å². The van der Waals surface area contributed by atoms with E-state index in [2.05, 4.69) is 61.3 Å². The van der Waals surface area contributed by atoms with Crippen molar-refractivity contribution in [3.63, 3.8) is 0 Å². The van der Waals surface area contributed by atoms with Crippen molar-refractivity contribution in [1.82, 2.24) is 0 Å². The Morgan fingerprint density at radius 3 is 2.22 bits per heavy atom. The van der Waals surface area contributed by atoms with Crippen LogP contribution >= 0.6 is 0 Å². The Kier molecular flexibility index (Phi) is 3.42. The molecule has 0 aliphatic heterocycles. The van der Waals surface area contributed by atoms with Gasteiger partial charge in [0.1, 0.15) is 7.05 Å². The smallest absolute Gasteiger partial charge is 0.177 e. The number of nitrogens with zero attached hydrogens (tertiary/aromatic N) is 1. The van der Waals surface area contributed by atoms with E-state index in [1.807, 2.05) is 19.2 Å². The maximum atomic E-state index is 3.92. The Balaban J connectivity index is 2.69. The van der Waals surface area contributed by atoms with E-state index in [0.717, 1.165) is 11.1 Å². The molecule has 1 aromatic heterocycles. The second-order valence-electron chi connectivity index (χ2n) is 4.48. The Morgan fingerprint density at radius 2 is 1.67 bits per heavy atom. The highest BCUT2D eigenvalue weighted by Crippen LogP contribution is 2.26. The first kappa shape index (κ1) is 12.3. The van der Waals surface area contributed by atoms with E-state index in [1.54, 1.807) is 0 Å². The van der Waals surface area contributed by atoms with Crippen molar-refractivity contribution < 1.29 is 4.57 Å². The molecule has 0 saturated carbocycles. The minimum absolute atomic E-state index is 1.10. The molecule has 0 N–H and O–H groups in total. The molecule has 1 aromatic carbocycles. The maximum Gasteiger partial charge on any atom is 0.177 e. The van der Waals surface area contributed by atoms with Gasteiger partial charge in [0.05, 0.1) is 5.56 Å². The van der Waals surface area contributed by atoms with Crippen LogP contribution in [0, 0.1) is 6.92 Å². The van der Waals surface area contributed by atoms with Crippen molar-refractivity contribution in [2.75, 3.05) is 0 Å². The van der Waals surface area contributed by atoms with Crippen molar-refractivity contribution in [3.8, 4) is 11.1 Å². The molecule has 2 aromatic rings. The second-order valence-corrected chi connectivity index (χ2v) is 4.48. The third-order valence-electron chi connectivity index (χ3n) is 3.06. The summed E-state index contributed by atoms with van der Waals surface area (Å²) in [6.07, 6.45) is 7.94. The maximum absolute atomic E-state index is 3.92. The van der Waals surface area contributed by atoms with Gasteiger partial charge >= 0.3 is 0 Å². The first-order valence-electron chi connectivity index (χ1n) is 6.01. The van der Waals surface area contributed by atoms with Crippen LogP contribution in [0.1, 0.15) is 16.7 Å². The molecule has 1 heterocycles. The number of hydrogen-bond donors (Lipinski definition) is 0. The van der Waals surface area contributed by atoms with Crippen LogP contribution in [0.3, 0.4) is 0 Å². The molecule has 1 heteroatoms. The largest absolute Gasteiger partial charge is 0.207 e. The molecule has 0 atom stereocenters. The molecule has 90 valence electrons. The fourth-order valence-electron chi connectivity index (χ4n) is 2.11. The number of pyridine rings is 1. The van der Waals surface area contributed by atoms with Gasteiger partial charge < -0.3 is 0 Å². The minimum Gasteiger partial charge on any atom is -0.207 e. The number of rotatable bonds is 3. The zero-order chi connectivity index (χ0) is 13.1. The first-order valence-corrected chi connectivity index (χ1v) is 6.01. The van der Waals surface area contributed by atoms with Crippen LogP contribution in [0.25, 0.3) is 23.3 Å². The lowest BCUT2D eigenvalue weighted by Gasteiger charge is -2.08. The molecule has 0 aliphatic carbocycles. The van der Waals surface area contributed by atoms with Crippen LogP contribution in [0.2, 0.25) is 0 Å². The number of aryl methyl sites for hydroxylation is 2. The van der Waals surface area contributed by atoms with Crippen LogP contribution in [0.4, 0.5) is 0 Å². The van der Waals surface area contributed by atoms with E-state index < -0.39 is 0 Å². The molecule has 0 radical (unpaired) electrons. The molecule has 0 fully saturated rings. The fourth-order valence-corrected chi connectivity index (χ4v) is 2.11. The zero-order valence-electron chi connectivity index (χ0n) is 11.0. The Bertz CT molecular complexity index is 592. The van der Waals surface area contributed by atoms with E-state index in [4.69, 9.17) is 0 Å². The molecule has 2 rings (SSSR count). The summed E-state index contributed by atoms with van der Waals surface area (Å²) in [6.45, 7) is 9.88. The molecule has 0 amide bonds. The van der Waals surface area contributed by atoms with Gasteiger partial charge in [-0.2, -0.15) is 0 Å². The van der Waals surface area contributed by atoms with Gasteiger partial charge in [-0.1, -0.05) is 55.1 Å². The van der Waals surface area contributed by atoms with Gasteiger partial charge in [0.15, 0.2) is 12.4 Å². The van der Waals surface area contributed by atoms with Gasteiger partial charge in [-0.25, -0.2) is 4.57 Å². The molecule has 0 spiro atoms. The Labute approximate surface area is 109 Å². The zero-order valence-corrected chi connectivity index (χ0v) is 11.0. The summed E-state index contributed by atoms with van der Waals surface area (Å²) in [4.78, 5) is 0. The number of aromatic nitrogens is 1. The summed E-state index contributed by atoms with van der Waals surface area (Å²) in [6, 6.07) is 8.54. The standard InChI is InChI=1S/C17H18N/c1-5-14-11-18(4)12-17(16(14)6-2)15-9-7-13(3)8-10-15/h5-12H,1-2H2,3-4H3/q+1. The van der Waals surface area contributed by atoms with E-state index >= 15 is 0 Å². The van der Waals surface area contributed by atoms with Crippen molar-refractivity contribution >= 4 is 12.2 Å². The lowest BCUT2D eigenvalue weighted by atomic mass is 9.97. The summed E-state index contributed by atoms with van der Waals surface area (Å²) in [5.74, 6) is 0. The Hall–Kier alpha value is -2.15. The van der Waals surface area contributed by atoms with Crippen molar-refractivity contribution in [2.24, 2.45) is 7.05 Å². The highest BCUT2D eigenvalue weighted by Gasteiger charge is 2.11. The topological polar surface area (TPSA) is 3.88 Å². The molecular formula is C17H18N+. The molecule has 1 nitrogen and oxygen atoms in total. The quantitative estimate of drug-likeness (QED) is 0.714. The third kappa shape index (κ3) is 2.25. The van der Waals surface area contributed by atoms with Crippen LogP contribution in [-0.4, -0.2) is 0 Å². The summed E-state index contributed by atoms with van der Waals surface area (Å²) in [5.41, 5.74) is 5.89. The number of benzene rings is 1. The van der Waals surface area contributed by atoms with Gasteiger partial charge in [-0.15, -0.1) is 0 Å². The number of hydrogen-bond acceptors (Lipinski definition) is 0. The van der Waals surface area contributed by atoms with E-state index in [0.29, 0.717) is 0 Å². The molecule has 18 heavy (non-hydrogen) atoms. The van der Waals surface area contributed by atoms with Crippen LogP contribution in [-0.2, 0) is 7.05 Å². The van der Waals surface area contributed by atoms with Crippen molar-refractivity contribution in [2.45, 2.75) is 6.92 Å². The minimum atomic E-state index is 1.10. The summed E-state index contributed by atoms with van der Waals surface area (Å²) in [7, 11) is 2.03. The SMILES string of the molecule is C=Cc1c[n+](C)cc(-c2ccc(C)cc2)c1C=C. The van der Waals surface area contributed by atoms with Crippen molar-refractivity contribution in [1.29, 1.82) is 0 Å². The first-order chi connectivity index (χ1) is 8.65. The van der Waals surface area contributed by atoms with Gasteiger partial charge in [-0.05, 0) is 12.5 Å². The van der Waals surface area contributed by atoms with Crippen molar-refractivity contribution in [3.05, 3.63) is 66.5 Å². The monoisotopic (exact) mass is 236 g/mol. The molecule has 0 bridgehead atoms. The predicted octanol–water partition coefficient (Wildman–Crippen LogP) is 3.77. The van der Waals surface area contributed by atoms with Crippen LogP contribution < -0.4 is 4.57 Å². The van der Waals surface area contributed by atoms with Gasteiger partial charge in [-0.3, -0.25) is 0 Å². The van der Waals surface area contributed by atoms with E-state index in [-0.39, 0.29) is 0 Å². The van der Waals surface area contributed by atoms with Gasteiger partial charge in [0.2, 0.25) is 0 Å². The molecule has 0 saturated heterocycles. The lowest BCUT2D eigenvalue weighted by molar-refractivity contribution is -0.671. The highest BCUT2D eigenvalue weighted by molar-refractivity contribution is 5.78. The average Bonchev–Trinajstić information content (AvgIpc) is 2.38. The highest BCUT2D eigenvalue weighted by atomic mass is 14.9. The molecule has 0 unspecified atom stereocenters. The van der Waals surface area contributed by atoms with E-state index in [1.165, 1.54) is 16.7 Å². The second kappa shape index (κ2) is 5.01. The average molecular weight is 236 g/mol. The van der Waals surface area contributed by atoms with Gasteiger partial charge in [0.25, 0.3) is 0 Å². The van der Waals surface area contributed by atoms with Crippen LogP contribution in [0.5, 0.6) is 0 Å². The Morgan fingerprint density at radius 1 is 1.00 bits per heavy atom. The molecule has 0 aliphatic rings.